The number of para-hydroxylation sites is 2. The zero-order valence-corrected chi connectivity index (χ0v) is 20.1. The fourth-order valence-corrected chi connectivity index (χ4v) is 4.65. The third kappa shape index (κ3) is 4.64. The van der Waals surface area contributed by atoms with E-state index in [1.54, 1.807) is 24.3 Å². The highest BCUT2D eigenvalue weighted by Crippen LogP contribution is 2.42. The highest BCUT2D eigenvalue weighted by molar-refractivity contribution is 6.05. The molecule has 0 saturated carbocycles. The van der Waals surface area contributed by atoms with E-state index in [2.05, 4.69) is 76.6 Å². The smallest absolute Gasteiger partial charge is 0.241 e. The zero-order valence-electron chi connectivity index (χ0n) is 20.1. The summed E-state index contributed by atoms with van der Waals surface area (Å²) in [6.07, 6.45) is 1.70. The predicted molar refractivity (Wildman–Crippen MR) is 146 cm³/mol. The Morgan fingerprint density at radius 2 is 1.53 bits per heavy atom. The molecule has 5 nitrogen and oxygen atoms in total. The van der Waals surface area contributed by atoms with Gasteiger partial charge in [0, 0.05) is 29.5 Å². The Labute approximate surface area is 210 Å². The monoisotopic (exact) mass is 473 g/mol. The van der Waals surface area contributed by atoms with Gasteiger partial charge in [-0.1, -0.05) is 91.0 Å². The van der Waals surface area contributed by atoms with Crippen LogP contribution in [0.2, 0.25) is 0 Å². The molecule has 0 aliphatic heterocycles. The number of aryl methyl sites for hydroxylation is 2. The lowest BCUT2D eigenvalue weighted by molar-refractivity contribution is -0.121. The number of aromatic hydroxyl groups is 1. The molecule has 5 heteroatoms. The van der Waals surface area contributed by atoms with Crippen LogP contribution in [0, 0.1) is 6.92 Å². The van der Waals surface area contributed by atoms with Gasteiger partial charge >= 0.3 is 0 Å². The fraction of sp³-hybridized carbons (Fsp3) is 0.0968. The number of amides is 1. The molecule has 1 amide bonds. The molecule has 36 heavy (non-hydrogen) atoms. The van der Waals surface area contributed by atoms with E-state index in [-0.39, 0.29) is 18.1 Å². The van der Waals surface area contributed by atoms with Crippen LogP contribution < -0.4 is 5.43 Å². The largest absolute Gasteiger partial charge is 0.507 e. The van der Waals surface area contributed by atoms with E-state index in [0.717, 1.165) is 33.3 Å². The van der Waals surface area contributed by atoms with Crippen molar-refractivity contribution in [3.05, 3.63) is 114 Å². The van der Waals surface area contributed by atoms with Gasteiger partial charge in [0.1, 0.15) is 5.75 Å². The van der Waals surface area contributed by atoms with Gasteiger partial charge in [-0.3, -0.25) is 4.79 Å². The Bertz CT molecular complexity index is 1540. The van der Waals surface area contributed by atoms with Gasteiger partial charge in [0.2, 0.25) is 5.91 Å². The number of fused-ring (bicyclic) bond motifs is 1. The summed E-state index contributed by atoms with van der Waals surface area (Å²) in [5, 5.41) is 15.1. The Hall–Kier alpha value is -4.64. The second-order valence-corrected chi connectivity index (χ2v) is 8.68. The van der Waals surface area contributed by atoms with Crippen LogP contribution in [-0.4, -0.2) is 21.8 Å². The van der Waals surface area contributed by atoms with Crippen LogP contribution in [0.25, 0.3) is 33.3 Å². The third-order valence-corrected chi connectivity index (χ3v) is 6.29. The molecule has 0 aliphatic carbocycles. The van der Waals surface area contributed by atoms with Crippen molar-refractivity contribution in [2.24, 2.45) is 5.10 Å². The molecular formula is C31H27N3O2. The van der Waals surface area contributed by atoms with Crippen molar-refractivity contribution >= 4 is 23.0 Å². The molecule has 0 unspecified atom stereocenters. The van der Waals surface area contributed by atoms with Crippen molar-refractivity contribution in [3.8, 4) is 28.1 Å². The van der Waals surface area contributed by atoms with Crippen LogP contribution in [0.15, 0.2) is 108 Å². The summed E-state index contributed by atoms with van der Waals surface area (Å²) in [5.41, 5.74) is 9.93. The molecule has 0 fully saturated rings. The van der Waals surface area contributed by atoms with E-state index in [0.29, 0.717) is 12.1 Å². The summed E-state index contributed by atoms with van der Waals surface area (Å²) in [6.45, 7) is 2.61. The van der Waals surface area contributed by atoms with Gasteiger partial charge in [-0.2, -0.15) is 5.10 Å². The number of carbonyl (C=O) groups is 1. The quantitative estimate of drug-likeness (QED) is 0.208. The van der Waals surface area contributed by atoms with Gasteiger partial charge in [0.25, 0.3) is 0 Å². The number of rotatable bonds is 7. The molecule has 0 spiro atoms. The van der Waals surface area contributed by atoms with Gasteiger partial charge in [0.05, 0.1) is 17.4 Å². The Kier molecular flexibility index (Phi) is 6.63. The number of carbonyl (C=O) groups excluding carboxylic acids is 1. The summed E-state index contributed by atoms with van der Waals surface area (Å²) in [4.78, 5) is 12.7. The molecule has 0 aliphatic rings. The lowest BCUT2D eigenvalue weighted by Gasteiger charge is -2.13. The maximum absolute atomic E-state index is 12.7. The number of aromatic nitrogens is 1. The lowest BCUT2D eigenvalue weighted by atomic mass is 9.98. The molecule has 5 aromatic rings. The van der Waals surface area contributed by atoms with Gasteiger partial charge in [-0.05, 0) is 35.7 Å². The highest BCUT2D eigenvalue weighted by Gasteiger charge is 2.21. The molecule has 5 rings (SSSR count). The number of nitrogens with one attached hydrogen (secondary N) is 1. The van der Waals surface area contributed by atoms with Crippen molar-refractivity contribution in [3.63, 3.8) is 0 Å². The first-order chi connectivity index (χ1) is 17.6. The number of hydrazone groups is 1. The minimum Gasteiger partial charge on any atom is -0.507 e. The number of hydrogen-bond acceptors (Lipinski definition) is 3. The molecule has 2 N–H and O–H groups in total. The first-order valence-corrected chi connectivity index (χ1v) is 12.0. The Balaban J connectivity index is 1.52. The lowest BCUT2D eigenvalue weighted by Crippen LogP contribution is -2.19. The van der Waals surface area contributed by atoms with Gasteiger partial charge in [0.15, 0.2) is 0 Å². The molecular weight excluding hydrogens is 446 g/mol. The van der Waals surface area contributed by atoms with Gasteiger partial charge in [-0.15, -0.1) is 0 Å². The number of benzene rings is 4. The SMILES string of the molecule is Cc1cccc2c(-c3ccccc3)c(-c3ccccc3)n(CCC(=O)NN=Cc3ccccc3O)c12. The van der Waals surface area contributed by atoms with Crippen molar-refractivity contribution in [2.45, 2.75) is 19.9 Å². The number of nitrogens with zero attached hydrogens (tertiary/aromatic N) is 2. The summed E-state index contributed by atoms with van der Waals surface area (Å²) in [6, 6.07) is 33.9. The standard InChI is InChI=1S/C31H27N3O2/c1-22-11-10-17-26-29(23-12-4-2-5-13-23)31(24-14-6-3-7-15-24)34(30(22)26)20-19-28(36)33-32-21-25-16-8-9-18-27(25)35/h2-18,21,35H,19-20H2,1H3,(H,33,36). The average Bonchev–Trinajstić information content (AvgIpc) is 3.25. The predicted octanol–water partition coefficient (Wildman–Crippen LogP) is 6.53. The van der Waals surface area contributed by atoms with E-state index >= 15 is 0 Å². The molecule has 0 saturated heterocycles. The van der Waals surface area contributed by atoms with E-state index in [4.69, 9.17) is 0 Å². The molecule has 0 bridgehead atoms. The van der Waals surface area contributed by atoms with Gasteiger partial charge in [-0.25, -0.2) is 5.43 Å². The van der Waals surface area contributed by atoms with E-state index in [1.165, 1.54) is 11.8 Å². The number of phenols is 1. The van der Waals surface area contributed by atoms with E-state index < -0.39 is 0 Å². The summed E-state index contributed by atoms with van der Waals surface area (Å²) >= 11 is 0. The van der Waals surface area contributed by atoms with Gasteiger partial charge < -0.3 is 9.67 Å². The minimum atomic E-state index is -0.197. The van der Waals surface area contributed by atoms with Crippen molar-refractivity contribution in [2.75, 3.05) is 0 Å². The molecule has 1 heterocycles. The van der Waals surface area contributed by atoms with Crippen LogP contribution in [0.3, 0.4) is 0 Å². The maximum atomic E-state index is 12.7. The summed E-state index contributed by atoms with van der Waals surface area (Å²) in [5.74, 6) is -0.0805. The fourth-order valence-electron chi connectivity index (χ4n) is 4.65. The maximum Gasteiger partial charge on any atom is 0.241 e. The zero-order chi connectivity index (χ0) is 24.9. The van der Waals surface area contributed by atoms with Crippen molar-refractivity contribution in [1.82, 2.24) is 9.99 Å². The third-order valence-electron chi connectivity index (χ3n) is 6.29. The number of hydrogen-bond donors (Lipinski definition) is 2. The first kappa shape index (κ1) is 23.1. The van der Waals surface area contributed by atoms with Crippen molar-refractivity contribution < 1.29 is 9.90 Å². The van der Waals surface area contributed by atoms with Crippen LogP contribution >= 0.6 is 0 Å². The molecule has 0 radical (unpaired) electrons. The molecule has 4 aromatic carbocycles. The molecule has 1 aromatic heterocycles. The topological polar surface area (TPSA) is 66.6 Å². The highest BCUT2D eigenvalue weighted by atomic mass is 16.3. The molecule has 178 valence electrons. The van der Waals surface area contributed by atoms with Crippen LogP contribution in [0.4, 0.5) is 0 Å². The van der Waals surface area contributed by atoms with E-state index in [9.17, 15) is 9.90 Å². The second kappa shape index (κ2) is 10.3. The Morgan fingerprint density at radius 1 is 0.861 bits per heavy atom. The minimum absolute atomic E-state index is 0.116. The van der Waals surface area contributed by atoms with Crippen LogP contribution in [0.1, 0.15) is 17.5 Å². The average molecular weight is 474 g/mol. The second-order valence-electron chi connectivity index (χ2n) is 8.68. The number of phenolic OH excluding ortho intramolecular Hbond substituents is 1. The van der Waals surface area contributed by atoms with Crippen LogP contribution in [-0.2, 0) is 11.3 Å². The summed E-state index contributed by atoms with van der Waals surface area (Å²) in [7, 11) is 0. The van der Waals surface area contributed by atoms with Crippen LogP contribution in [0.5, 0.6) is 5.75 Å². The normalized spacial score (nSPS) is 11.2. The van der Waals surface area contributed by atoms with Crippen molar-refractivity contribution in [1.29, 1.82) is 0 Å². The first-order valence-electron chi connectivity index (χ1n) is 12.0. The molecule has 0 atom stereocenters. The Morgan fingerprint density at radius 3 is 2.25 bits per heavy atom. The summed E-state index contributed by atoms with van der Waals surface area (Å²) < 4.78 is 2.26. The van der Waals surface area contributed by atoms with E-state index in [1.807, 2.05) is 24.3 Å².